The number of amides is 1. The molecule has 10 atom stereocenters. The average molecular weight is 1230 g/mol. The summed E-state index contributed by atoms with van der Waals surface area (Å²) in [5, 5.41) is 9.15. The molecule has 31 heteroatoms. The van der Waals surface area contributed by atoms with Crippen LogP contribution in [0.2, 0.25) is 0 Å². The van der Waals surface area contributed by atoms with E-state index in [4.69, 9.17) is 48.5 Å². The molecule has 3 saturated heterocycles. The van der Waals surface area contributed by atoms with E-state index in [1.807, 2.05) is 55.5 Å². The highest BCUT2D eigenvalue weighted by Gasteiger charge is 2.55. The molecule has 1 amide bonds. The molecule has 4 N–H and O–H groups in total. The Bertz CT molecular complexity index is 4150. The van der Waals surface area contributed by atoms with Gasteiger partial charge in [0.2, 0.25) is 5.91 Å². The summed E-state index contributed by atoms with van der Waals surface area (Å²) in [7, 11) is -3.11. The van der Waals surface area contributed by atoms with Gasteiger partial charge >= 0.3 is 12.8 Å². The van der Waals surface area contributed by atoms with Crippen molar-refractivity contribution < 1.29 is 64.5 Å². The van der Waals surface area contributed by atoms with Crippen molar-refractivity contribution in [1.82, 2.24) is 49.0 Å². The van der Waals surface area contributed by atoms with E-state index in [0.717, 1.165) is 35.6 Å². The summed E-state index contributed by atoms with van der Waals surface area (Å²) in [5.74, 6) is -0.0153. The molecule has 9 heterocycles. The number of rotatable bonds is 12. The van der Waals surface area contributed by atoms with Crippen LogP contribution in [0.4, 0.5) is 26.0 Å². The fourth-order valence-corrected chi connectivity index (χ4v) is 15.3. The van der Waals surface area contributed by atoms with Gasteiger partial charge < -0.3 is 44.4 Å². The lowest BCUT2D eigenvalue weighted by molar-refractivity contribution is -0.118. The molecule has 0 aliphatic carbocycles. The fourth-order valence-electron chi connectivity index (χ4n) is 10.7. The maximum atomic E-state index is 17.1. The van der Waals surface area contributed by atoms with Gasteiger partial charge in [0.25, 0.3) is 15.0 Å². The third-order valence-corrected chi connectivity index (χ3v) is 19.9. The standard InChI is InChI=1S/C55H52BF2N13O12P2S/c1-2-41(72)68-23-32-7-3-4-8-35(32)44-47(36-9-5-6-10-38(36)68)71(67-66-44)21-22-76-33-17-13-31(14-18-33)55(73)79-34-15-11-30(12-16-34)26-86-85(75)78-25-40-48(42(57)53(81-40)70-29-65-46-50(60)62-27-63-52(46)70)82-84(56,74)77-24-39-49(83-85)43(58)54(80-39)69-28-64-45-37(59)19-20-61-51(45)69/h3-20,27-29,39-40,42-43,48-49,53-54H,2,21-26,56H2,1H3,(H2,59,61)(H2,60,62,63)/t39-,40-,42-,43-,48-,49-,53-,54-,84-,85-/m1/s1. The summed E-state index contributed by atoms with van der Waals surface area (Å²) in [6.07, 6.45) is -7.81. The van der Waals surface area contributed by atoms with Gasteiger partial charge in [-0.1, -0.05) is 66.7 Å². The summed E-state index contributed by atoms with van der Waals surface area (Å²) in [6.45, 7) is -3.13. The second-order valence-electron chi connectivity index (χ2n) is 20.5. The van der Waals surface area contributed by atoms with Gasteiger partial charge in [0.15, 0.2) is 41.9 Å². The number of pyridine rings is 1. The minimum atomic E-state index is -4.58. The molecule has 4 aliphatic heterocycles. The van der Waals surface area contributed by atoms with Crippen LogP contribution in [0.3, 0.4) is 0 Å². The molecule has 0 unspecified atom stereocenters. The number of alkyl halides is 2. The summed E-state index contributed by atoms with van der Waals surface area (Å²) < 4.78 is 116. The number of carbonyl (C=O) groups excluding carboxylic acids is 2. The smallest absolute Gasteiger partial charge is 0.389 e. The predicted molar refractivity (Wildman–Crippen MR) is 312 cm³/mol. The molecule has 3 fully saturated rings. The summed E-state index contributed by atoms with van der Waals surface area (Å²) in [4.78, 5) is 49.5. The molecular weight excluding hydrogens is 1180 g/mol. The van der Waals surface area contributed by atoms with Crippen LogP contribution in [0.25, 0.3) is 44.8 Å². The van der Waals surface area contributed by atoms with Gasteiger partial charge in [0.05, 0.1) is 61.6 Å². The highest BCUT2D eigenvalue weighted by molar-refractivity contribution is 8.54. The number of fused-ring (bicyclic) bond motifs is 9. The highest BCUT2D eigenvalue weighted by Crippen LogP contribution is 2.65. The lowest BCUT2D eigenvalue weighted by Gasteiger charge is -2.30. The van der Waals surface area contributed by atoms with Crippen LogP contribution in [0.1, 0.15) is 47.3 Å². The lowest BCUT2D eigenvalue weighted by Crippen LogP contribution is -2.37. The molecule has 0 radical (unpaired) electrons. The molecule has 4 aliphatic rings. The minimum Gasteiger partial charge on any atom is -0.492 e. The van der Waals surface area contributed by atoms with Crippen molar-refractivity contribution in [2.24, 2.45) is 0 Å². The van der Waals surface area contributed by atoms with Gasteiger partial charge in [-0.3, -0.25) is 27.5 Å². The molecular formula is C55H52BF2N13O12P2S. The Morgan fingerprint density at radius 3 is 2.17 bits per heavy atom. The van der Waals surface area contributed by atoms with Gasteiger partial charge in [-0.25, -0.2) is 47.7 Å². The number of hydrogen-bond acceptors (Lipinski definition) is 22. The van der Waals surface area contributed by atoms with E-state index in [0.29, 0.717) is 47.9 Å². The van der Waals surface area contributed by atoms with Crippen molar-refractivity contribution in [1.29, 1.82) is 0 Å². The quantitative estimate of drug-likeness (QED) is 0.0506. The third kappa shape index (κ3) is 11.0. The van der Waals surface area contributed by atoms with Crippen molar-refractivity contribution in [2.45, 2.75) is 81.4 Å². The monoisotopic (exact) mass is 1230 g/mol. The molecule has 9 aromatic rings. The number of para-hydroxylation sites is 1. The third-order valence-electron chi connectivity index (χ3n) is 15.0. The average Bonchev–Trinajstić information content (AvgIpc) is 2.70. The zero-order valence-electron chi connectivity index (χ0n) is 45.7. The van der Waals surface area contributed by atoms with Crippen molar-refractivity contribution >= 4 is 84.6 Å². The van der Waals surface area contributed by atoms with E-state index < -0.39 is 82.7 Å². The van der Waals surface area contributed by atoms with Crippen LogP contribution in [0.15, 0.2) is 128 Å². The van der Waals surface area contributed by atoms with Crippen LogP contribution in [-0.4, -0.2) is 125 Å². The van der Waals surface area contributed by atoms with Crippen LogP contribution >= 0.6 is 25.7 Å². The number of nitrogen functional groups attached to an aromatic ring is 2. The SMILES string of the molecule is B[P@@]1(=O)OC[C@H]2O[C@@H](n3cnc4c(N)ccnc43)[C@H](F)[C@@H]2O[P@](=O)(SCc2ccc(OC(=O)c3ccc(OCCn4nnc5c4-c4ccccc4N(C(=O)CC)Cc4ccccc4-5)cc3)cc2)OC[C@H]2O[C@@H](n3cnc4c(N)ncnc43)[C@H](F)[C@@H]2O1. The number of esters is 1. The Kier molecular flexibility index (Phi) is 15.5. The molecule has 86 heavy (non-hydrogen) atoms. The number of halogens is 2. The number of benzene rings is 4. The van der Waals surface area contributed by atoms with E-state index in [1.165, 1.54) is 40.4 Å². The summed E-state index contributed by atoms with van der Waals surface area (Å²) in [5.41, 5.74) is 18.8. The number of imidazole rings is 2. The molecule has 5 aromatic heterocycles. The van der Waals surface area contributed by atoms with Gasteiger partial charge in [0, 0.05) is 29.5 Å². The molecule has 0 bridgehead atoms. The van der Waals surface area contributed by atoms with Crippen LogP contribution in [-0.2, 0) is 60.3 Å². The first-order valence-electron chi connectivity index (χ1n) is 27.1. The van der Waals surface area contributed by atoms with Crippen LogP contribution in [0, 0.1) is 0 Å². The largest absolute Gasteiger partial charge is 0.492 e. The number of nitrogens with zero attached hydrogens (tertiary/aromatic N) is 11. The number of anilines is 3. The molecule has 442 valence electrons. The fraction of sp³-hybridized carbons (Fsp3) is 0.291. The molecule has 13 rings (SSSR count). The first kappa shape index (κ1) is 57.1. The van der Waals surface area contributed by atoms with E-state index in [1.54, 1.807) is 58.1 Å². The maximum absolute atomic E-state index is 17.1. The van der Waals surface area contributed by atoms with Gasteiger partial charge in [-0.2, -0.15) is 0 Å². The first-order valence-corrected chi connectivity index (χ1v) is 32.3. The van der Waals surface area contributed by atoms with E-state index >= 15 is 13.3 Å². The molecule has 25 nitrogen and oxygen atoms in total. The van der Waals surface area contributed by atoms with Crippen molar-refractivity contribution in [2.75, 3.05) is 36.2 Å². The topological polar surface area (TPSA) is 302 Å². The van der Waals surface area contributed by atoms with Crippen LogP contribution in [0.5, 0.6) is 11.5 Å². The second kappa shape index (κ2) is 23.4. The maximum Gasteiger partial charge on any atom is 0.389 e. The van der Waals surface area contributed by atoms with Gasteiger partial charge in [0.1, 0.15) is 65.6 Å². The van der Waals surface area contributed by atoms with Crippen molar-refractivity contribution in [3.8, 4) is 34.0 Å². The summed E-state index contributed by atoms with van der Waals surface area (Å²) >= 11 is 0.690. The second-order valence-corrected chi connectivity index (χ2v) is 26.5. The van der Waals surface area contributed by atoms with Gasteiger partial charge in [-0.15, -0.1) is 5.10 Å². The number of nitrogens with two attached hydrogens (primary N) is 2. The first-order chi connectivity index (χ1) is 41.6. The van der Waals surface area contributed by atoms with E-state index in [2.05, 4.69) is 35.2 Å². The molecule has 0 saturated carbocycles. The number of ether oxygens (including phenoxy) is 4. The zero-order chi connectivity index (χ0) is 59.4. The Balaban J connectivity index is 0.689. The number of carbonyl (C=O) groups is 2. The highest BCUT2D eigenvalue weighted by atomic mass is 32.7. The van der Waals surface area contributed by atoms with Crippen LogP contribution < -0.4 is 25.8 Å². The van der Waals surface area contributed by atoms with Crippen molar-refractivity contribution in [3.63, 3.8) is 0 Å². The Morgan fingerprint density at radius 1 is 0.767 bits per heavy atom. The number of aromatic nitrogens is 10. The minimum absolute atomic E-state index is 0.00796. The summed E-state index contributed by atoms with van der Waals surface area (Å²) in [6, 6.07) is 29.9. The number of hydrogen-bond donors (Lipinski definition) is 2. The Morgan fingerprint density at radius 2 is 1.43 bits per heavy atom. The van der Waals surface area contributed by atoms with E-state index in [-0.39, 0.29) is 63.4 Å². The lowest BCUT2D eigenvalue weighted by atomic mass is 9.95. The zero-order valence-corrected chi connectivity index (χ0v) is 48.3. The molecule has 4 aromatic carbocycles. The normalized spacial score (nSPS) is 25.6. The van der Waals surface area contributed by atoms with Crippen molar-refractivity contribution in [3.05, 3.63) is 145 Å². The Hall–Kier alpha value is -7.98. The van der Waals surface area contributed by atoms with E-state index in [9.17, 15) is 14.2 Å². The predicted octanol–water partition coefficient (Wildman–Crippen LogP) is 7.99. The molecule has 0 spiro atoms. The van der Waals surface area contributed by atoms with Gasteiger partial charge in [-0.05, 0) is 71.0 Å². The Labute approximate surface area is 492 Å².